The number of halogens is 1. The maximum Gasteiger partial charge on any atom is 0.312 e. The number of likely N-dealkylation sites (tertiary alicyclic amines) is 1. The van der Waals surface area contributed by atoms with Crippen molar-refractivity contribution in [2.75, 3.05) is 19.8 Å². The van der Waals surface area contributed by atoms with Crippen molar-refractivity contribution < 1.29 is 29.0 Å². The van der Waals surface area contributed by atoms with Crippen LogP contribution in [0.15, 0.2) is 55.6 Å². The number of hydrogen-bond acceptors (Lipinski definition) is 6. The fraction of sp³-hybridized carbons (Fsp3) is 0.581. The number of rotatable bonds is 14. The summed E-state index contributed by atoms with van der Waals surface area (Å²) < 4.78 is 12.2. The first-order chi connectivity index (χ1) is 19.2. The molecule has 1 spiro atoms. The number of nitrogens with zero attached hydrogens (tertiary/aromatic N) is 2. The van der Waals surface area contributed by atoms with E-state index in [0.29, 0.717) is 32.2 Å². The molecule has 0 aromatic heterocycles. The lowest BCUT2D eigenvalue weighted by molar-refractivity contribution is -0.157. The number of amides is 2. The standard InChI is InChI=1S/C31H41BrN2O6/c1-5-8-12-16-39-30(38)24-25-28(36)34(23(19-35)20(4)7-3)27(31(25)17-22(32)26(24)40-31)29(37)33(15-6-2)18-21-13-10-9-11-14-21/h5-6,9-11,13-14,20,22-27,35H,1-2,7-8,12,15-19H2,3-4H3/t20-,22?,23-,24-,25-,26-,27?,31?/m0/s1. The highest BCUT2D eigenvalue weighted by Crippen LogP contribution is 2.61. The number of carbonyl (C=O) groups excluding carboxylic acids is 3. The molecule has 4 rings (SSSR count). The number of aliphatic hydroxyl groups excluding tert-OH is 1. The molecule has 9 heteroatoms. The van der Waals surface area contributed by atoms with E-state index in [-0.39, 0.29) is 42.3 Å². The van der Waals surface area contributed by atoms with Crippen molar-refractivity contribution in [2.24, 2.45) is 17.8 Å². The molecule has 3 saturated heterocycles. The summed E-state index contributed by atoms with van der Waals surface area (Å²) in [5.41, 5.74) is -0.270. The van der Waals surface area contributed by atoms with E-state index in [1.54, 1.807) is 22.0 Å². The summed E-state index contributed by atoms with van der Waals surface area (Å²) >= 11 is 3.70. The molecular weight excluding hydrogens is 576 g/mol. The topological polar surface area (TPSA) is 96.4 Å². The monoisotopic (exact) mass is 616 g/mol. The number of alkyl halides is 1. The van der Waals surface area contributed by atoms with Gasteiger partial charge in [0.15, 0.2) is 0 Å². The lowest BCUT2D eigenvalue weighted by atomic mass is 9.70. The zero-order valence-corrected chi connectivity index (χ0v) is 25.0. The van der Waals surface area contributed by atoms with Crippen LogP contribution in [0.1, 0.15) is 45.1 Å². The van der Waals surface area contributed by atoms with Gasteiger partial charge < -0.3 is 24.4 Å². The van der Waals surface area contributed by atoms with Crippen LogP contribution >= 0.6 is 15.9 Å². The van der Waals surface area contributed by atoms with Gasteiger partial charge in [0, 0.05) is 17.9 Å². The molecule has 0 aliphatic carbocycles. The van der Waals surface area contributed by atoms with Crippen molar-refractivity contribution in [3.63, 3.8) is 0 Å². The molecule has 1 N–H and O–H groups in total. The van der Waals surface area contributed by atoms with E-state index in [1.165, 1.54) is 0 Å². The van der Waals surface area contributed by atoms with Gasteiger partial charge in [-0.15, -0.1) is 13.2 Å². The van der Waals surface area contributed by atoms with Gasteiger partial charge in [-0.3, -0.25) is 14.4 Å². The molecule has 1 aromatic carbocycles. The lowest BCUT2D eigenvalue weighted by Crippen LogP contribution is -2.59. The van der Waals surface area contributed by atoms with Crippen LogP contribution in [0.25, 0.3) is 0 Å². The maximum absolute atomic E-state index is 14.6. The molecule has 3 fully saturated rings. The maximum atomic E-state index is 14.6. The van der Waals surface area contributed by atoms with Gasteiger partial charge in [-0.05, 0) is 30.7 Å². The van der Waals surface area contributed by atoms with Crippen LogP contribution in [0.3, 0.4) is 0 Å². The van der Waals surface area contributed by atoms with Crippen molar-refractivity contribution in [2.45, 2.75) is 74.7 Å². The molecule has 0 saturated carbocycles. The van der Waals surface area contributed by atoms with Crippen molar-refractivity contribution in [1.82, 2.24) is 9.80 Å². The average molecular weight is 618 g/mol. The van der Waals surface area contributed by atoms with Gasteiger partial charge in [0.1, 0.15) is 11.6 Å². The fourth-order valence-corrected chi connectivity index (χ4v) is 7.59. The van der Waals surface area contributed by atoms with Crippen LogP contribution in [-0.4, -0.2) is 81.1 Å². The Kier molecular flexibility index (Phi) is 9.90. The SMILES string of the molecule is C=CCCCOC(=O)[C@H]1[C@H]2C(=O)N([C@@H](CO)[C@@H](C)CC)C(C(=O)N(CC=C)Cc3ccccc3)C23CC(Br)[C@@H]1O3. The number of ether oxygens (including phenoxy) is 2. The zero-order valence-electron chi connectivity index (χ0n) is 23.4. The predicted molar refractivity (Wildman–Crippen MR) is 155 cm³/mol. The molecule has 3 heterocycles. The van der Waals surface area contributed by atoms with E-state index in [2.05, 4.69) is 29.1 Å². The summed E-state index contributed by atoms with van der Waals surface area (Å²) in [5.74, 6) is -2.88. The number of allylic oxidation sites excluding steroid dienone is 1. The van der Waals surface area contributed by atoms with Crippen LogP contribution in [0, 0.1) is 17.8 Å². The molecule has 3 unspecified atom stereocenters. The second kappa shape index (κ2) is 13.0. The highest BCUT2D eigenvalue weighted by molar-refractivity contribution is 9.09. The molecule has 2 amide bonds. The summed E-state index contributed by atoms with van der Waals surface area (Å²) in [5, 5.41) is 10.5. The quantitative estimate of drug-likeness (QED) is 0.148. The summed E-state index contributed by atoms with van der Waals surface area (Å²) in [7, 11) is 0. The third-order valence-electron chi connectivity index (χ3n) is 8.75. The Balaban J connectivity index is 1.75. The van der Waals surface area contributed by atoms with E-state index in [9.17, 15) is 19.5 Å². The minimum absolute atomic E-state index is 0.0808. The first-order valence-corrected chi connectivity index (χ1v) is 15.1. The second-order valence-electron chi connectivity index (χ2n) is 11.1. The van der Waals surface area contributed by atoms with E-state index in [4.69, 9.17) is 9.47 Å². The van der Waals surface area contributed by atoms with Crippen LogP contribution in [0.5, 0.6) is 0 Å². The average Bonchev–Trinajstić information content (AvgIpc) is 3.55. The first kappa shape index (κ1) is 30.5. The van der Waals surface area contributed by atoms with Gasteiger partial charge in [-0.1, -0.05) is 78.7 Å². The minimum Gasteiger partial charge on any atom is -0.465 e. The number of fused-ring (bicyclic) bond motifs is 1. The Morgan fingerprint density at radius 1 is 1.30 bits per heavy atom. The molecule has 2 bridgehead atoms. The molecule has 8 nitrogen and oxygen atoms in total. The van der Waals surface area contributed by atoms with Gasteiger partial charge >= 0.3 is 5.97 Å². The number of aliphatic hydroxyl groups is 1. The van der Waals surface area contributed by atoms with Gasteiger partial charge in [-0.2, -0.15) is 0 Å². The Labute approximate surface area is 245 Å². The Bertz CT molecular complexity index is 1100. The lowest BCUT2D eigenvalue weighted by Gasteiger charge is -2.41. The molecule has 3 aliphatic heterocycles. The van der Waals surface area contributed by atoms with Crippen LogP contribution in [-0.2, 0) is 30.4 Å². The Hall–Kier alpha value is -2.49. The van der Waals surface area contributed by atoms with Gasteiger partial charge in [-0.25, -0.2) is 0 Å². The van der Waals surface area contributed by atoms with Crippen LogP contribution in [0.4, 0.5) is 0 Å². The number of benzene rings is 1. The highest BCUT2D eigenvalue weighted by atomic mass is 79.9. The third-order valence-corrected chi connectivity index (χ3v) is 9.60. The fourth-order valence-electron chi connectivity index (χ4n) is 6.65. The molecule has 0 radical (unpaired) electrons. The van der Waals surface area contributed by atoms with Crippen molar-refractivity contribution in [3.05, 3.63) is 61.2 Å². The van der Waals surface area contributed by atoms with E-state index in [0.717, 1.165) is 5.56 Å². The van der Waals surface area contributed by atoms with Crippen molar-refractivity contribution in [1.29, 1.82) is 0 Å². The Morgan fingerprint density at radius 3 is 2.65 bits per heavy atom. The summed E-state index contributed by atoms with van der Waals surface area (Å²) in [6.07, 6.45) is 5.29. The second-order valence-corrected chi connectivity index (χ2v) is 12.3. The molecule has 40 heavy (non-hydrogen) atoms. The smallest absolute Gasteiger partial charge is 0.312 e. The van der Waals surface area contributed by atoms with Crippen molar-refractivity contribution in [3.8, 4) is 0 Å². The number of unbranched alkanes of at least 4 members (excludes halogenated alkanes) is 1. The van der Waals surface area contributed by atoms with E-state index < -0.39 is 41.6 Å². The largest absolute Gasteiger partial charge is 0.465 e. The van der Waals surface area contributed by atoms with E-state index >= 15 is 0 Å². The highest BCUT2D eigenvalue weighted by Gasteiger charge is 2.77. The molecule has 1 aromatic rings. The summed E-state index contributed by atoms with van der Waals surface area (Å²) in [6, 6.07) is 8.04. The first-order valence-electron chi connectivity index (χ1n) is 14.2. The number of hydrogen-bond donors (Lipinski definition) is 1. The molecule has 3 aliphatic rings. The van der Waals surface area contributed by atoms with Gasteiger partial charge in [0.05, 0.1) is 37.2 Å². The zero-order chi connectivity index (χ0) is 29.0. The summed E-state index contributed by atoms with van der Waals surface area (Å²) in [4.78, 5) is 45.3. The normalized spacial score (nSPS) is 30.1. The molecule has 8 atom stereocenters. The number of carbonyl (C=O) groups is 3. The Morgan fingerprint density at radius 2 is 2.02 bits per heavy atom. The summed E-state index contributed by atoms with van der Waals surface area (Å²) in [6.45, 7) is 12.0. The van der Waals surface area contributed by atoms with Crippen LogP contribution < -0.4 is 0 Å². The minimum atomic E-state index is -1.21. The van der Waals surface area contributed by atoms with Crippen molar-refractivity contribution >= 4 is 33.7 Å². The van der Waals surface area contributed by atoms with Crippen LogP contribution in [0.2, 0.25) is 0 Å². The van der Waals surface area contributed by atoms with Gasteiger partial charge in [0.25, 0.3) is 0 Å². The van der Waals surface area contributed by atoms with E-state index in [1.807, 2.05) is 44.2 Å². The van der Waals surface area contributed by atoms with Gasteiger partial charge in [0.2, 0.25) is 11.8 Å². The molecular formula is C31H41BrN2O6. The number of esters is 1. The molecule has 218 valence electrons. The third kappa shape index (κ3) is 5.40. The predicted octanol–water partition coefficient (Wildman–Crippen LogP) is 3.87.